The van der Waals surface area contributed by atoms with E-state index < -0.39 is 11.9 Å². The maximum Gasteiger partial charge on any atom is 0.343 e. The Bertz CT molecular complexity index is 766. The minimum atomic E-state index is -0.682. The van der Waals surface area contributed by atoms with Gasteiger partial charge < -0.3 is 13.7 Å². The van der Waals surface area contributed by atoms with Gasteiger partial charge in [0.15, 0.2) is 5.69 Å². The number of nitrogens with one attached hydrogen (secondary N) is 1. The van der Waals surface area contributed by atoms with Gasteiger partial charge in [-0.05, 0) is 20.8 Å². The molecule has 0 bridgehead atoms. The average molecular weight is 303 g/mol. The zero-order valence-electron chi connectivity index (χ0n) is 12.2. The van der Waals surface area contributed by atoms with Crippen LogP contribution in [0.25, 0.3) is 0 Å². The molecule has 114 valence electrons. The molecule has 0 saturated heterocycles. The number of ether oxygens (including phenoxy) is 1. The molecular formula is C14H13N3O5. The Balaban J connectivity index is 2.32. The Morgan fingerprint density at radius 2 is 2.18 bits per heavy atom. The summed E-state index contributed by atoms with van der Waals surface area (Å²) in [5.41, 5.74) is -0.0615. The van der Waals surface area contributed by atoms with Gasteiger partial charge in [-0.1, -0.05) is 5.16 Å². The van der Waals surface area contributed by atoms with Crippen LogP contribution in [-0.2, 0) is 4.74 Å². The van der Waals surface area contributed by atoms with Crippen LogP contribution < -0.4 is 5.32 Å². The van der Waals surface area contributed by atoms with E-state index in [-0.39, 0.29) is 35.1 Å². The summed E-state index contributed by atoms with van der Waals surface area (Å²) in [5, 5.41) is 15.2. The second-order valence-electron chi connectivity index (χ2n) is 4.35. The summed E-state index contributed by atoms with van der Waals surface area (Å²) in [6.45, 7) is 4.95. The molecule has 2 rings (SSSR count). The van der Waals surface area contributed by atoms with Crippen LogP contribution in [0.4, 0.5) is 5.88 Å². The molecule has 0 radical (unpaired) electrons. The molecule has 2 heterocycles. The number of hydrogen-bond donors (Lipinski definition) is 1. The van der Waals surface area contributed by atoms with Gasteiger partial charge in [0.2, 0.25) is 5.88 Å². The molecule has 22 heavy (non-hydrogen) atoms. The van der Waals surface area contributed by atoms with E-state index in [2.05, 4.69) is 10.5 Å². The Morgan fingerprint density at radius 3 is 2.73 bits per heavy atom. The van der Waals surface area contributed by atoms with Crippen molar-refractivity contribution in [1.82, 2.24) is 5.16 Å². The van der Waals surface area contributed by atoms with Crippen molar-refractivity contribution < 1.29 is 23.3 Å². The van der Waals surface area contributed by atoms with Crippen molar-refractivity contribution in [3.05, 3.63) is 34.4 Å². The number of amides is 1. The van der Waals surface area contributed by atoms with E-state index in [4.69, 9.17) is 13.7 Å². The van der Waals surface area contributed by atoms with Gasteiger partial charge in [0.05, 0.1) is 6.61 Å². The van der Waals surface area contributed by atoms with E-state index >= 15 is 0 Å². The fourth-order valence-corrected chi connectivity index (χ4v) is 1.83. The molecule has 0 aliphatic rings. The molecule has 0 spiro atoms. The normalized spacial score (nSPS) is 10.1. The van der Waals surface area contributed by atoms with Gasteiger partial charge in [0.1, 0.15) is 28.7 Å². The number of aryl methyl sites for hydroxylation is 2. The Morgan fingerprint density at radius 1 is 1.45 bits per heavy atom. The van der Waals surface area contributed by atoms with Crippen LogP contribution in [-0.4, -0.2) is 23.6 Å². The summed E-state index contributed by atoms with van der Waals surface area (Å²) < 4.78 is 15.0. The number of furan rings is 1. The number of nitrogens with zero attached hydrogens (tertiary/aromatic N) is 2. The van der Waals surface area contributed by atoms with Gasteiger partial charge in [0, 0.05) is 6.07 Å². The summed E-state index contributed by atoms with van der Waals surface area (Å²) >= 11 is 0. The lowest BCUT2D eigenvalue weighted by atomic mass is 10.1. The van der Waals surface area contributed by atoms with Gasteiger partial charge >= 0.3 is 5.97 Å². The molecule has 2 aromatic rings. The lowest BCUT2D eigenvalue weighted by molar-refractivity contribution is 0.0524. The van der Waals surface area contributed by atoms with Crippen molar-refractivity contribution in [2.45, 2.75) is 20.8 Å². The molecule has 8 heteroatoms. The summed E-state index contributed by atoms with van der Waals surface area (Å²) in [6.07, 6.45) is 0. The van der Waals surface area contributed by atoms with Crippen molar-refractivity contribution in [3.8, 4) is 6.07 Å². The van der Waals surface area contributed by atoms with E-state index in [0.29, 0.717) is 5.76 Å². The number of anilines is 1. The summed E-state index contributed by atoms with van der Waals surface area (Å²) in [5.74, 6) is -0.778. The van der Waals surface area contributed by atoms with Crippen molar-refractivity contribution >= 4 is 17.8 Å². The number of carbonyl (C=O) groups is 2. The molecule has 0 aromatic carbocycles. The highest BCUT2D eigenvalue weighted by molar-refractivity contribution is 6.04. The summed E-state index contributed by atoms with van der Waals surface area (Å²) in [7, 11) is 0. The third kappa shape index (κ3) is 2.83. The standard InChI is InChI=1S/C14H13N3O5/c1-4-20-14(19)11-8(3)21-13(9(11)6-15)16-12(18)10-5-7(2)22-17-10/h5H,4H2,1-3H3,(H,16,18). The third-order valence-electron chi connectivity index (χ3n) is 2.76. The van der Waals surface area contributed by atoms with Crippen molar-refractivity contribution in [2.24, 2.45) is 0 Å². The fraction of sp³-hybridized carbons (Fsp3) is 0.286. The molecular weight excluding hydrogens is 290 g/mol. The van der Waals surface area contributed by atoms with Crippen LogP contribution in [0.15, 0.2) is 15.0 Å². The molecule has 1 amide bonds. The van der Waals surface area contributed by atoms with Crippen molar-refractivity contribution in [2.75, 3.05) is 11.9 Å². The second kappa shape index (κ2) is 6.13. The number of carbonyl (C=O) groups excluding carboxylic acids is 2. The van der Waals surface area contributed by atoms with Crippen LogP contribution in [0.3, 0.4) is 0 Å². The number of aromatic nitrogens is 1. The van der Waals surface area contributed by atoms with Gasteiger partial charge in [-0.2, -0.15) is 5.26 Å². The monoisotopic (exact) mass is 303 g/mol. The predicted molar refractivity (Wildman–Crippen MR) is 73.3 cm³/mol. The SMILES string of the molecule is CCOC(=O)c1c(C)oc(NC(=O)c2cc(C)on2)c1C#N. The first-order chi connectivity index (χ1) is 10.5. The highest BCUT2D eigenvalue weighted by atomic mass is 16.5. The fourth-order valence-electron chi connectivity index (χ4n) is 1.83. The van der Waals surface area contributed by atoms with Crippen LogP contribution in [0.5, 0.6) is 0 Å². The molecule has 0 saturated carbocycles. The molecule has 8 nitrogen and oxygen atoms in total. The van der Waals surface area contributed by atoms with E-state index in [1.807, 2.05) is 6.07 Å². The van der Waals surface area contributed by atoms with E-state index in [9.17, 15) is 14.9 Å². The summed E-state index contributed by atoms with van der Waals surface area (Å²) in [4.78, 5) is 23.8. The maximum absolute atomic E-state index is 12.0. The van der Waals surface area contributed by atoms with Crippen molar-refractivity contribution in [3.63, 3.8) is 0 Å². The molecule has 1 N–H and O–H groups in total. The van der Waals surface area contributed by atoms with Gasteiger partial charge in [-0.3, -0.25) is 10.1 Å². The van der Waals surface area contributed by atoms with Crippen LogP contribution in [0.2, 0.25) is 0 Å². The molecule has 0 aliphatic heterocycles. The third-order valence-corrected chi connectivity index (χ3v) is 2.76. The van der Waals surface area contributed by atoms with E-state index in [0.717, 1.165) is 0 Å². The quantitative estimate of drug-likeness (QED) is 0.860. The second-order valence-corrected chi connectivity index (χ2v) is 4.35. The minimum absolute atomic E-state index is 0.00372. The van der Waals surface area contributed by atoms with Gasteiger partial charge in [-0.25, -0.2) is 4.79 Å². The zero-order valence-corrected chi connectivity index (χ0v) is 12.2. The minimum Gasteiger partial charge on any atom is -0.462 e. The van der Waals surface area contributed by atoms with Crippen molar-refractivity contribution in [1.29, 1.82) is 5.26 Å². The molecule has 2 aromatic heterocycles. The highest BCUT2D eigenvalue weighted by Crippen LogP contribution is 2.27. The van der Waals surface area contributed by atoms with Crippen LogP contribution in [0, 0.1) is 25.2 Å². The zero-order chi connectivity index (χ0) is 16.3. The number of nitriles is 1. The number of rotatable bonds is 4. The topological polar surface area (TPSA) is 118 Å². The lowest BCUT2D eigenvalue weighted by Gasteiger charge is -2.00. The van der Waals surface area contributed by atoms with Crippen LogP contribution >= 0.6 is 0 Å². The number of hydrogen-bond acceptors (Lipinski definition) is 7. The number of esters is 1. The summed E-state index contributed by atoms with van der Waals surface area (Å²) in [6, 6.07) is 3.27. The molecule has 0 aliphatic carbocycles. The van der Waals surface area contributed by atoms with Crippen LogP contribution in [0.1, 0.15) is 44.9 Å². The molecule has 0 atom stereocenters. The first-order valence-corrected chi connectivity index (χ1v) is 6.43. The van der Waals surface area contributed by atoms with E-state index in [1.54, 1.807) is 13.8 Å². The largest absolute Gasteiger partial charge is 0.462 e. The highest BCUT2D eigenvalue weighted by Gasteiger charge is 2.26. The van der Waals surface area contributed by atoms with E-state index in [1.165, 1.54) is 13.0 Å². The van der Waals surface area contributed by atoms with Gasteiger partial charge in [-0.15, -0.1) is 0 Å². The Hall–Kier alpha value is -3.08. The Labute approximate surface area is 125 Å². The predicted octanol–water partition coefficient (Wildman–Crippen LogP) is 2.19. The Kier molecular flexibility index (Phi) is 4.27. The lowest BCUT2D eigenvalue weighted by Crippen LogP contribution is -2.13. The first kappa shape index (κ1) is 15.3. The van der Waals surface area contributed by atoms with Gasteiger partial charge in [0.25, 0.3) is 5.91 Å². The average Bonchev–Trinajstić information content (AvgIpc) is 3.02. The first-order valence-electron chi connectivity index (χ1n) is 6.43. The molecule has 0 unspecified atom stereocenters. The maximum atomic E-state index is 12.0. The molecule has 0 fully saturated rings. The smallest absolute Gasteiger partial charge is 0.343 e.